The first-order valence-corrected chi connectivity index (χ1v) is 11.9. The number of amides is 1. The topological polar surface area (TPSA) is 69.6 Å². The molecule has 1 aliphatic rings. The molecule has 1 saturated heterocycles. The number of benzene rings is 1. The molecule has 0 radical (unpaired) electrons. The van der Waals surface area contributed by atoms with Gasteiger partial charge in [-0.1, -0.05) is 51.1 Å². The Morgan fingerprint density at radius 3 is 2.68 bits per heavy atom. The highest BCUT2D eigenvalue weighted by atomic mass is 32.1. The molecule has 1 aromatic carbocycles. The summed E-state index contributed by atoms with van der Waals surface area (Å²) in [5, 5.41) is 10.0. The molecule has 0 bridgehead atoms. The Morgan fingerprint density at radius 2 is 2.00 bits per heavy atom. The van der Waals surface area contributed by atoms with Crippen LogP contribution in [0.5, 0.6) is 0 Å². The summed E-state index contributed by atoms with van der Waals surface area (Å²) in [6.45, 7) is 9.69. The molecule has 1 unspecified atom stereocenters. The molecule has 1 atom stereocenters. The van der Waals surface area contributed by atoms with Crippen LogP contribution in [0, 0.1) is 5.92 Å². The standard InChI is InChI=1S/C24H35N5OS/c1-24(2,3)20-17-31-21(28-20)10-12-26-23(25-4)27-15-19-14-22(30)29(16-19)13-11-18-8-6-5-7-9-18/h5-9,17,19H,10-16H2,1-4H3,(H2,25,26,27). The number of hydrogen-bond acceptors (Lipinski definition) is 4. The molecule has 1 aliphatic heterocycles. The number of aliphatic imine (C=N–C) groups is 1. The van der Waals surface area contributed by atoms with Crippen LogP contribution < -0.4 is 10.6 Å². The number of hydrogen-bond donors (Lipinski definition) is 2. The van der Waals surface area contributed by atoms with Gasteiger partial charge < -0.3 is 15.5 Å². The summed E-state index contributed by atoms with van der Waals surface area (Å²) in [7, 11) is 1.78. The van der Waals surface area contributed by atoms with Crippen molar-refractivity contribution in [2.45, 2.75) is 45.4 Å². The summed E-state index contributed by atoms with van der Waals surface area (Å²) in [4.78, 5) is 23.4. The molecule has 1 aromatic heterocycles. The minimum Gasteiger partial charge on any atom is -0.356 e. The fourth-order valence-electron chi connectivity index (χ4n) is 3.64. The monoisotopic (exact) mass is 441 g/mol. The number of carbonyl (C=O) groups is 1. The van der Waals surface area contributed by atoms with Gasteiger partial charge in [-0.15, -0.1) is 11.3 Å². The number of likely N-dealkylation sites (tertiary alicyclic amines) is 1. The van der Waals surface area contributed by atoms with Gasteiger partial charge >= 0.3 is 0 Å². The lowest BCUT2D eigenvalue weighted by Gasteiger charge is -2.18. The maximum absolute atomic E-state index is 12.4. The molecule has 6 nitrogen and oxygen atoms in total. The van der Waals surface area contributed by atoms with Crippen molar-refractivity contribution in [1.29, 1.82) is 0 Å². The highest BCUT2D eigenvalue weighted by molar-refractivity contribution is 7.09. The van der Waals surface area contributed by atoms with E-state index < -0.39 is 0 Å². The maximum atomic E-state index is 12.4. The van der Waals surface area contributed by atoms with E-state index in [0.717, 1.165) is 55.7 Å². The van der Waals surface area contributed by atoms with Crippen LogP contribution >= 0.6 is 11.3 Å². The van der Waals surface area contributed by atoms with Gasteiger partial charge in [0.1, 0.15) is 0 Å². The quantitative estimate of drug-likeness (QED) is 0.487. The minimum absolute atomic E-state index is 0.0907. The number of nitrogens with zero attached hydrogens (tertiary/aromatic N) is 3. The molecule has 2 N–H and O–H groups in total. The van der Waals surface area contributed by atoms with E-state index in [1.807, 2.05) is 23.1 Å². The number of rotatable bonds is 8. The van der Waals surface area contributed by atoms with Gasteiger partial charge in [0.25, 0.3) is 0 Å². The smallest absolute Gasteiger partial charge is 0.223 e. The fourth-order valence-corrected chi connectivity index (χ4v) is 4.66. The largest absolute Gasteiger partial charge is 0.356 e. The van der Waals surface area contributed by atoms with Crippen molar-refractivity contribution < 1.29 is 4.79 Å². The Labute approximate surface area is 190 Å². The summed E-state index contributed by atoms with van der Waals surface area (Å²) in [5.41, 5.74) is 2.52. The summed E-state index contributed by atoms with van der Waals surface area (Å²) in [6.07, 6.45) is 2.38. The van der Waals surface area contributed by atoms with Crippen molar-refractivity contribution in [3.05, 3.63) is 52.0 Å². The van der Waals surface area contributed by atoms with Crippen LogP contribution in [-0.2, 0) is 23.1 Å². The lowest BCUT2D eigenvalue weighted by Crippen LogP contribution is -2.41. The summed E-state index contributed by atoms with van der Waals surface area (Å²) in [5.74, 6) is 1.35. The van der Waals surface area contributed by atoms with Gasteiger partial charge in [0.2, 0.25) is 5.91 Å². The molecule has 168 valence electrons. The van der Waals surface area contributed by atoms with Crippen molar-refractivity contribution in [3.8, 4) is 0 Å². The number of thiazole rings is 1. The van der Waals surface area contributed by atoms with Gasteiger partial charge in [-0.2, -0.15) is 0 Å². The Kier molecular flexibility index (Phi) is 8.07. The normalized spacial score (nSPS) is 17.3. The minimum atomic E-state index is 0.0907. The van der Waals surface area contributed by atoms with E-state index in [9.17, 15) is 4.79 Å². The van der Waals surface area contributed by atoms with Crippen molar-refractivity contribution >= 4 is 23.2 Å². The second-order valence-corrected chi connectivity index (χ2v) is 10.1. The third kappa shape index (κ3) is 7.06. The molecule has 0 spiro atoms. The van der Waals surface area contributed by atoms with Gasteiger partial charge in [0.05, 0.1) is 10.7 Å². The Morgan fingerprint density at radius 1 is 1.23 bits per heavy atom. The maximum Gasteiger partial charge on any atom is 0.223 e. The van der Waals surface area contributed by atoms with Crippen molar-refractivity contribution in [3.63, 3.8) is 0 Å². The van der Waals surface area contributed by atoms with E-state index in [1.54, 1.807) is 18.4 Å². The first-order chi connectivity index (χ1) is 14.8. The average molecular weight is 442 g/mol. The molecule has 1 amide bonds. The number of guanidine groups is 1. The summed E-state index contributed by atoms with van der Waals surface area (Å²) in [6, 6.07) is 10.3. The van der Waals surface area contributed by atoms with Crippen LogP contribution in [0.25, 0.3) is 0 Å². The molecule has 0 aliphatic carbocycles. The third-order valence-corrected chi connectivity index (χ3v) is 6.45. The molecule has 2 heterocycles. The zero-order valence-corrected chi connectivity index (χ0v) is 20.0. The van der Waals surface area contributed by atoms with Crippen molar-refractivity contribution in [1.82, 2.24) is 20.5 Å². The summed E-state index contributed by atoms with van der Waals surface area (Å²) >= 11 is 1.72. The van der Waals surface area contributed by atoms with Crippen molar-refractivity contribution in [2.75, 3.05) is 33.2 Å². The number of carbonyl (C=O) groups excluding carboxylic acids is 1. The van der Waals surface area contributed by atoms with Gasteiger partial charge in [0.15, 0.2) is 5.96 Å². The van der Waals surface area contributed by atoms with E-state index in [-0.39, 0.29) is 11.3 Å². The van der Waals surface area contributed by atoms with E-state index in [4.69, 9.17) is 4.98 Å². The Hall–Kier alpha value is -2.41. The fraction of sp³-hybridized carbons (Fsp3) is 0.542. The highest BCUT2D eigenvalue weighted by Gasteiger charge is 2.29. The van der Waals surface area contributed by atoms with Gasteiger partial charge in [-0.3, -0.25) is 9.79 Å². The lowest BCUT2D eigenvalue weighted by atomic mass is 9.93. The summed E-state index contributed by atoms with van der Waals surface area (Å²) < 4.78 is 0. The van der Waals surface area contributed by atoms with E-state index in [0.29, 0.717) is 12.3 Å². The molecule has 0 saturated carbocycles. The van der Waals surface area contributed by atoms with Crippen LogP contribution in [0.3, 0.4) is 0 Å². The SMILES string of the molecule is CN=C(NCCc1nc(C(C)(C)C)cs1)NCC1CC(=O)N(CCc2ccccc2)C1. The molecular weight excluding hydrogens is 406 g/mol. The predicted octanol–water partition coefficient (Wildman–Crippen LogP) is 3.24. The van der Waals surface area contributed by atoms with Crippen LogP contribution in [0.15, 0.2) is 40.7 Å². The number of aromatic nitrogens is 1. The van der Waals surface area contributed by atoms with E-state index in [2.05, 4.69) is 53.9 Å². The van der Waals surface area contributed by atoms with Gasteiger partial charge in [0, 0.05) is 62.8 Å². The van der Waals surface area contributed by atoms with Crippen LogP contribution in [0.4, 0.5) is 0 Å². The van der Waals surface area contributed by atoms with Crippen molar-refractivity contribution in [2.24, 2.45) is 10.9 Å². The molecule has 3 rings (SSSR count). The highest BCUT2D eigenvalue weighted by Crippen LogP contribution is 2.24. The first kappa shape index (κ1) is 23.3. The van der Waals surface area contributed by atoms with Crippen LogP contribution in [-0.4, -0.2) is 55.0 Å². The molecule has 2 aromatic rings. The average Bonchev–Trinajstić information content (AvgIpc) is 3.36. The van der Waals surface area contributed by atoms with Gasteiger partial charge in [-0.25, -0.2) is 4.98 Å². The predicted molar refractivity (Wildman–Crippen MR) is 129 cm³/mol. The second-order valence-electron chi connectivity index (χ2n) is 9.15. The molecule has 31 heavy (non-hydrogen) atoms. The molecule has 1 fully saturated rings. The van der Waals surface area contributed by atoms with Crippen LogP contribution in [0.1, 0.15) is 43.5 Å². The second kappa shape index (κ2) is 10.8. The third-order valence-electron chi connectivity index (χ3n) is 5.54. The molecule has 7 heteroatoms. The molecular formula is C24H35N5OS. The first-order valence-electron chi connectivity index (χ1n) is 11.1. The lowest BCUT2D eigenvalue weighted by molar-refractivity contribution is -0.127. The zero-order valence-electron chi connectivity index (χ0n) is 19.1. The zero-order chi connectivity index (χ0) is 22.3. The van der Waals surface area contributed by atoms with Gasteiger partial charge in [-0.05, 0) is 12.0 Å². The Bertz CT molecular complexity index is 872. The number of nitrogens with one attached hydrogen (secondary N) is 2. The van der Waals surface area contributed by atoms with E-state index >= 15 is 0 Å². The van der Waals surface area contributed by atoms with Crippen LogP contribution in [0.2, 0.25) is 0 Å². The Balaban J connectivity index is 1.37. The van der Waals surface area contributed by atoms with E-state index in [1.165, 1.54) is 5.56 Å².